The number of nitro benzene ring substituents is 1. The minimum atomic E-state index is -0.578. The number of rotatable bonds is 3. The number of carbonyl (C=O) groups excluding carboxylic acids is 1. The second-order valence-electron chi connectivity index (χ2n) is 5.37. The smallest absolute Gasteiger partial charge is 0.410 e. The standard InChI is InChI=1S/C13H17BrN2O4/c1-13(2,3)20-12(17)15(4)8-9-7-10(16(18)19)5-6-11(9)14/h5-7H,8H2,1-4H3. The number of hydrogen-bond acceptors (Lipinski definition) is 4. The molecule has 0 unspecified atom stereocenters. The Kier molecular flexibility index (Phi) is 5.10. The van der Waals surface area contributed by atoms with Crippen molar-refractivity contribution >= 4 is 27.7 Å². The van der Waals surface area contributed by atoms with Gasteiger partial charge in [-0.25, -0.2) is 4.79 Å². The molecule has 1 aromatic rings. The van der Waals surface area contributed by atoms with E-state index in [1.165, 1.54) is 17.0 Å². The van der Waals surface area contributed by atoms with Gasteiger partial charge in [-0.15, -0.1) is 0 Å². The molecule has 110 valence electrons. The second-order valence-corrected chi connectivity index (χ2v) is 6.22. The Labute approximate surface area is 126 Å². The van der Waals surface area contributed by atoms with Crippen LogP contribution in [-0.2, 0) is 11.3 Å². The number of amides is 1. The van der Waals surface area contributed by atoms with Crippen LogP contribution in [0.1, 0.15) is 26.3 Å². The van der Waals surface area contributed by atoms with Crippen molar-refractivity contribution in [2.24, 2.45) is 0 Å². The highest BCUT2D eigenvalue weighted by Gasteiger charge is 2.20. The molecule has 0 saturated carbocycles. The summed E-state index contributed by atoms with van der Waals surface area (Å²) in [5, 5.41) is 10.8. The summed E-state index contributed by atoms with van der Waals surface area (Å²) in [4.78, 5) is 23.5. The topological polar surface area (TPSA) is 72.7 Å². The number of nitrogens with zero attached hydrogens (tertiary/aromatic N) is 2. The summed E-state index contributed by atoms with van der Waals surface area (Å²) < 4.78 is 5.93. The van der Waals surface area contributed by atoms with Gasteiger partial charge in [-0.2, -0.15) is 0 Å². The van der Waals surface area contributed by atoms with Gasteiger partial charge in [0.1, 0.15) is 5.60 Å². The maximum Gasteiger partial charge on any atom is 0.410 e. The van der Waals surface area contributed by atoms with Crippen LogP contribution in [0.4, 0.5) is 10.5 Å². The van der Waals surface area contributed by atoms with Crippen LogP contribution in [0, 0.1) is 10.1 Å². The third-order valence-corrected chi connectivity index (χ3v) is 3.13. The van der Waals surface area contributed by atoms with Gasteiger partial charge >= 0.3 is 6.09 Å². The molecule has 1 amide bonds. The van der Waals surface area contributed by atoms with E-state index in [4.69, 9.17) is 4.74 Å². The number of nitro groups is 1. The average Bonchev–Trinajstić information content (AvgIpc) is 2.29. The van der Waals surface area contributed by atoms with E-state index in [0.717, 1.165) is 0 Å². The molecule has 0 bridgehead atoms. The fourth-order valence-corrected chi connectivity index (χ4v) is 1.83. The Morgan fingerprint density at radius 1 is 1.45 bits per heavy atom. The molecule has 0 aliphatic carbocycles. The summed E-state index contributed by atoms with van der Waals surface area (Å²) >= 11 is 3.32. The van der Waals surface area contributed by atoms with Gasteiger partial charge < -0.3 is 9.64 Å². The zero-order chi connectivity index (χ0) is 15.5. The monoisotopic (exact) mass is 344 g/mol. The Hall–Kier alpha value is -1.63. The molecule has 1 aromatic carbocycles. The van der Waals surface area contributed by atoms with Crippen molar-refractivity contribution in [1.29, 1.82) is 0 Å². The van der Waals surface area contributed by atoms with Crippen LogP contribution < -0.4 is 0 Å². The summed E-state index contributed by atoms with van der Waals surface area (Å²) in [5.41, 5.74) is 0.0546. The van der Waals surface area contributed by atoms with Crippen molar-refractivity contribution in [3.05, 3.63) is 38.3 Å². The average molecular weight is 345 g/mol. The van der Waals surface area contributed by atoms with Crippen LogP contribution in [0.2, 0.25) is 0 Å². The van der Waals surface area contributed by atoms with Crippen molar-refractivity contribution in [1.82, 2.24) is 4.90 Å². The van der Waals surface area contributed by atoms with Crippen molar-refractivity contribution in [2.45, 2.75) is 32.9 Å². The third-order valence-electron chi connectivity index (χ3n) is 2.35. The van der Waals surface area contributed by atoms with Gasteiger partial charge in [-0.05, 0) is 32.4 Å². The summed E-state index contributed by atoms with van der Waals surface area (Å²) in [6.45, 7) is 5.56. The highest BCUT2D eigenvalue weighted by molar-refractivity contribution is 9.10. The van der Waals surface area contributed by atoms with E-state index in [1.807, 2.05) is 0 Å². The number of carbonyl (C=O) groups is 1. The van der Waals surface area contributed by atoms with Gasteiger partial charge in [-0.1, -0.05) is 15.9 Å². The quantitative estimate of drug-likeness (QED) is 0.618. The lowest BCUT2D eigenvalue weighted by atomic mass is 10.2. The highest BCUT2D eigenvalue weighted by Crippen LogP contribution is 2.24. The summed E-state index contributed by atoms with van der Waals surface area (Å²) in [7, 11) is 1.58. The van der Waals surface area contributed by atoms with Gasteiger partial charge in [-0.3, -0.25) is 10.1 Å². The van der Waals surface area contributed by atoms with Gasteiger partial charge in [0.25, 0.3) is 5.69 Å². The fourth-order valence-electron chi connectivity index (χ4n) is 1.46. The summed E-state index contributed by atoms with van der Waals surface area (Å²) in [6, 6.07) is 4.43. The first-order valence-corrected chi connectivity index (χ1v) is 6.76. The maximum atomic E-state index is 11.8. The molecular weight excluding hydrogens is 328 g/mol. The molecule has 0 saturated heterocycles. The summed E-state index contributed by atoms with van der Waals surface area (Å²) in [6.07, 6.45) is -0.476. The molecular formula is C13H17BrN2O4. The Bertz CT molecular complexity index is 526. The molecule has 0 radical (unpaired) electrons. The Morgan fingerprint density at radius 3 is 2.55 bits per heavy atom. The minimum absolute atomic E-state index is 0.0132. The molecule has 0 heterocycles. The number of hydrogen-bond donors (Lipinski definition) is 0. The molecule has 0 aliphatic rings. The fraction of sp³-hybridized carbons (Fsp3) is 0.462. The molecule has 0 spiro atoms. The summed E-state index contributed by atoms with van der Waals surface area (Å²) in [5.74, 6) is 0. The van der Waals surface area contributed by atoms with E-state index in [1.54, 1.807) is 33.9 Å². The van der Waals surface area contributed by atoms with Crippen LogP contribution in [-0.4, -0.2) is 28.6 Å². The van der Waals surface area contributed by atoms with Gasteiger partial charge in [0.2, 0.25) is 0 Å². The van der Waals surface area contributed by atoms with Crippen LogP contribution in [0.5, 0.6) is 0 Å². The highest BCUT2D eigenvalue weighted by atomic mass is 79.9. The molecule has 7 heteroatoms. The van der Waals surface area contributed by atoms with Gasteiger partial charge in [0.05, 0.1) is 11.5 Å². The van der Waals surface area contributed by atoms with Gasteiger partial charge in [0.15, 0.2) is 0 Å². The Morgan fingerprint density at radius 2 is 2.05 bits per heavy atom. The predicted octanol–water partition coefficient (Wildman–Crippen LogP) is 3.72. The van der Waals surface area contributed by atoms with Crippen LogP contribution >= 0.6 is 15.9 Å². The van der Waals surface area contributed by atoms with Crippen LogP contribution in [0.25, 0.3) is 0 Å². The first-order chi connectivity index (χ1) is 9.10. The van der Waals surface area contributed by atoms with Crippen LogP contribution in [0.15, 0.2) is 22.7 Å². The van der Waals surface area contributed by atoms with Crippen molar-refractivity contribution < 1.29 is 14.5 Å². The zero-order valence-corrected chi connectivity index (χ0v) is 13.4. The number of benzene rings is 1. The lowest BCUT2D eigenvalue weighted by Gasteiger charge is -2.24. The second kappa shape index (κ2) is 6.21. The predicted molar refractivity (Wildman–Crippen MR) is 78.5 cm³/mol. The minimum Gasteiger partial charge on any atom is -0.444 e. The largest absolute Gasteiger partial charge is 0.444 e. The van der Waals surface area contributed by atoms with Crippen LogP contribution in [0.3, 0.4) is 0 Å². The molecule has 20 heavy (non-hydrogen) atoms. The van der Waals surface area contributed by atoms with Crippen molar-refractivity contribution in [3.63, 3.8) is 0 Å². The molecule has 0 aliphatic heterocycles. The SMILES string of the molecule is CN(Cc1cc([N+](=O)[O-])ccc1Br)C(=O)OC(C)(C)C. The molecule has 0 fully saturated rings. The number of non-ortho nitro benzene ring substituents is 1. The zero-order valence-electron chi connectivity index (χ0n) is 11.8. The van der Waals surface area contributed by atoms with E-state index in [0.29, 0.717) is 10.0 Å². The van der Waals surface area contributed by atoms with Crippen molar-refractivity contribution in [2.75, 3.05) is 7.05 Å². The number of halogens is 1. The molecule has 6 nitrogen and oxygen atoms in total. The Balaban J connectivity index is 2.85. The van der Waals surface area contributed by atoms with Crippen molar-refractivity contribution in [3.8, 4) is 0 Å². The lowest BCUT2D eigenvalue weighted by molar-refractivity contribution is -0.384. The lowest BCUT2D eigenvalue weighted by Crippen LogP contribution is -2.33. The van der Waals surface area contributed by atoms with E-state index in [2.05, 4.69) is 15.9 Å². The van der Waals surface area contributed by atoms with E-state index < -0.39 is 16.6 Å². The van der Waals surface area contributed by atoms with E-state index in [9.17, 15) is 14.9 Å². The van der Waals surface area contributed by atoms with Gasteiger partial charge in [0, 0.05) is 23.7 Å². The molecule has 0 atom stereocenters. The first kappa shape index (κ1) is 16.4. The van der Waals surface area contributed by atoms with E-state index in [-0.39, 0.29) is 12.2 Å². The molecule has 1 rings (SSSR count). The molecule has 0 aromatic heterocycles. The third kappa shape index (κ3) is 4.80. The maximum absolute atomic E-state index is 11.8. The van der Waals surface area contributed by atoms with E-state index >= 15 is 0 Å². The molecule has 0 N–H and O–H groups in total. The first-order valence-electron chi connectivity index (χ1n) is 5.97. The number of ether oxygens (including phenoxy) is 1. The normalized spacial score (nSPS) is 11.1.